The van der Waals surface area contributed by atoms with Gasteiger partial charge in [0.05, 0.1) is 34.5 Å². The number of benzene rings is 1. The van der Waals surface area contributed by atoms with Crippen molar-refractivity contribution in [3.05, 3.63) is 12.1 Å². The highest BCUT2D eigenvalue weighted by Crippen LogP contribution is 2.41. The molecule has 20 heavy (non-hydrogen) atoms. The van der Waals surface area contributed by atoms with E-state index in [4.69, 9.17) is 9.47 Å². The molecular formula is C14H20N2O3S. The fourth-order valence-corrected chi connectivity index (χ4v) is 4.02. The second-order valence-electron chi connectivity index (χ2n) is 4.77. The van der Waals surface area contributed by atoms with Crippen LogP contribution in [0.4, 0.5) is 5.69 Å². The minimum atomic E-state index is -2.53. The van der Waals surface area contributed by atoms with Crippen LogP contribution in [0.25, 0.3) is 0 Å². The SMILES string of the molecule is CCC1=Nc2cc(OC)c(OC)cc2S(=O)(C(C)C)=N1. The molecule has 1 heterocycles. The van der Waals surface area contributed by atoms with Crippen LogP contribution in [0.15, 0.2) is 26.4 Å². The molecule has 0 amide bonds. The predicted molar refractivity (Wildman–Crippen MR) is 80.9 cm³/mol. The molecule has 0 aliphatic carbocycles. The van der Waals surface area contributed by atoms with Gasteiger partial charge in [-0.25, -0.2) is 9.20 Å². The third-order valence-electron chi connectivity index (χ3n) is 3.23. The van der Waals surface area contributed by atoms with Crippen molar-refractivity contribution >= 4 is 21.3 Å². The van der Waals surface area contributed by atoms with Gasteiger partial charge in [0, 0.05) is 23.8 Å². The number of rotatable bonds is 4. The van der Waals surface area contributed by atoms with Gasteiger partial charge in [0.2, 0.25) is 0 Å². The maximum atomic E-state index is 13.2. The highest BCUT2D eigenvalue weighted by Gasteiger charge is 2.27. The number of amidine groups is 1. The van der Waals surface area contributed by atoms with Crippen LogP contribution in [-0.2, 0) is 9.73 Å². The van der Waals surface area contributed by atoms with Crippen molar-refractivity contribution in [2.24, 2.45) is 9.36 Å². The first kappa shape index (κ1) is 14.8. The van der Waals surface area contributed by atoms with E-state index in [-0.39, 0.29) is 5.25 Å². The lowest BCUT2D eigenvalue weighted by molar-refractivity contribution is 0.354. The van der Waals surface area contributed by atoms with Crippen molar-refractivity contribution in [3.63, 3.8) is 0 Å². The first-order valence-corrected chi connectivity index (χ1v) is 8.13. The molecule has 110 valence electrons. The van der Waals surface area contributed by atoms with Crippen LogP contribution in [0.5, 0.6) is 11.5 Å². The Bertz CT molecular complexity index is 671. The number of aliphatic imine (C=N–C) groups is 1. The van der Waals surface area contributed by atoms with Gasteiger partial charge < -0.3 is 9.47 Å². The summed E-state index contributed by atoms with van der Waals surface area (Å²) in [4.78, 5) is 5.09. The largest absolute Gasteiger partial charge is 0.493 e. The topological polar surface area (TPSA) is 60.2 Å². The van der Waals surface area contributed by atoms with E-state index in [1.54, 1.807) is 26.4 Å². The first-order valence-electron chi connectivity index (χ1n) is 6.55. The van der Waals surface area contributed by atoms with E-state index in [9.17, 15) is 4.21 Å². The van der Waals surface area contributed by atoms with E-state index in [1.165, 1.54) is 0 Å². The molecule has 5 nitrogen and oxygen atoms in total. The Labute approximate surface area is 120 Å². The Kier molecular flexibility index (Phi) is 4.04. The number of fused-ring (bicyclic) bond motifs is 1. The molecule has 0 bridgehead atoms. The standard InChI is InChI=1S/C14H20N2O3S/c1-6-14-15-10-7-11(18-4)12(19-5)8-13(10)20(17,16-14)9(2)3/h7-9H,6H2,1-5H3. The summed E-state index contributed by atoms with van der Waals surface area (Å²) in [5.41, 5.74) is 0.660. The van der Waals surface area contributed by atoms with Crippen molar-refractivity contribution in [2.45, 2.75) is 37.3 Å². The number of hydrogen-bond donors (Lipinski definition) is 0. The van der Waals surface area contributed by atoms with Crippen LogP contribution < -0.4 is 9.47 Å². The fraction of sp³-hybridized carbons (Fsp3) is 0.500. The van der Waals surface area contributed by atoms with Crippen molar-refractivity contribution in [3.8, 4) is 11.5 Å². The molecular weight excluding hydrogens is 276 g/mol. The molecule has 1 aliphatic heterocycles. The molecule has 0 saturated heterocycles. The van der Waals surface area contributed by atoms with Gasteiger partial charge in [0.15, 0.2) is 11.5 Å². The van der Waals surface area contributed by atoms with Gasteiger partial charge in [-0.1, -0.05) is 6.92 Å². The van der Waals surface area contributed by atoms with Crippen LogP contribution in [0.1, 0.15) is 27.2 Å². The first-order chi connectivity index (χ1) is 9.46. The molecule has 1 aliphatic rings. The van der Waals surface area contributed by atoms with E-state index in [0.29, 0.717) is 34.3 Å². The van der Waals surface area contributed by atoms with Gasteiger partial charge in [-0.3, -0.25) is 0 Å². The molecule has 0 aromatic heterocycles. The summed E-state index contributed by atoms with van der Waals surface area (Å²) in [5, 5.41) is -0.101. The highest BCUT2D eigenvalue weighted by atomic mass is 32.2. The number of methoxy groups -OCH3 is 2. The lowest BCUT2D eigenvalue weighted by atomic mass is 10.2. The van der Waals surface area contributed by atoms with Crippen molar-refractivity contribution in [1.29, 1.82) is 0 Å². The summed E-state index contributed by atoms with van der Waals surface area (Å²) in [7, 11) is 0.602. The summed E-state index contributed by atoms with van der Waals surface area (Å²) >= 11 is 0. The summed E-state index contributed by atoms with van der Waals surface area (Å²) in [5.74, 6) is 1.74. The molecule has 0 radical (unpaired) electrons. The van der Waals surface area contributed by atoms with Crippen molar-refractivity contribution in [2.75, 3.05) is 14.2 Å². The predicted octanol–water partition coefficient (Wildman–Crippen LogP) is 3.39. The third kappa shape index (κ3) is 2.28. The van der Waals surface area contributed by atoms with Gasteiger partial charge in [0.1, 0.15) is 5.84 Å². The Morgan fingerprint density at radius 2 is 1.80 bits per heavy atom. The fourth-order valence-electron chi connectivity index (χ4n) is 2.04. The van der Waals surface area contributed by atoms with E-state index < -0.39 is 9.73 Å². The average molecular weight is 296 g/mol. The van der Waals surface area contributed by atoms with Gasteiger partial charge in [-0.2, -0.15) is 4.36 Å². The lowest BCUT2D eigenvalue weighted by Gasteiger charge is -2.22. The minimum Gasteiger partial charge on any atom is -0.493 e. The zero-order valence-corrected chi connectivity index (χ0v) is 13.3. The molecule has 0 saturated carbocycles. The molecule has 0 fully saturated rings. The number of hydrogen-bond acceptors (Lipinski definition) is 5. The van der Waals surface area contributed by atoms with E-state index in [0.717, 1.165) is 0 Å². The van der Waals surface area contributed by atoms with Crippen LogP contribution in [0, 0.1) is 0 Å². The van der Waals surface area contributed by atoms with Gasteiger partial charge in [-0.15, -0.1) is 0 Å². The van der Waals surface area contributed by atoms with Crippen LogP contribution in [0.3, 0.4) is 0 Å². The quantitative estimate of drug-likeness (QED) is 0.855. The molecule has 0 N–H and O–H groups in total. The van der Waals surface area contributed by atoms with E-state index in [2.05, 4.69) is 9.36 Å². The highest BCUT2D eigenvalue weighted by molar-refractivity contribution is 7.94. The second kappa shape index (κ2) is 5.44. The zero-order chi connectivity index (χ0) is 14.9. The molecule has 1 atom stereocenters. The van der Waals surface area contributed by atoms with Crippen LogP contribution in [-0.4, -0.2) is 29.5 Å². The second-order valence-corrected chi connectivity index (χ2v) is 7.47. The number of ether oxygens (including phenoxy) is 2. The average Bonchev–Trinajstić information content (AvgIpc) is 2.45. The maximum absolute atomic E-state index is 13.2. The summed E-state index contributed by atoms with van der Waals surface area (Å²) in [6.07, 6.45) is 0.650. The maximum Gasteiger partial charge on any atom is 0.162 e. The van der Waals surface area contributed by atoms with Crippen molar-refractivity contribution < 1.29 is 13.7 Å². The van der Waals surface area contributed by atoms with Gasteiger partial charge in [-0.05, 0) is 13.8 Å². The van der Waals surface area contributed by atoms with E-state index in [1.807, 2.05) is 20.8 Å². The van der Waals surface area contributed by atoms with Crippen molar-refractivity contribution in [1.82, 2.24) is 0 Å². The monoisotopic (exact) mass is 296 g/mol. The molecule has 1 aromatic carbocycles. The molecule has 6 heteroatoms. The Morgan fingerprint density at radius 3 is 2.30 bits per heavy atom. The van der Waals surface area contributed by atoms with E-state index >= 15 is 0 Å². The minimum absolute atomic E-state index is 0.101. The van der Waals surface area contributed by atoms with Gasteiger partial charge >= 0.3 is 0 Å². The van der Waals surface area contributed by atoms with Crippen LogP contribution >= 0.6 is 0 Å². The molecule has 1 unspecified atom stereocenters. The Morgan fingerprint density at radius 1 is 1.20 bits per heavy atom. The smallest absolute Gasteiger partial charge is 0.162 e. The molecule has 1 aromatic rings. The lowest BCUT2D eigenvalue weighted by Crippen LogP contribution is -2.19. The summed E-state index contributed by atoms with van der Waals surface area (Å²) < 4.78 is 28.2. The summed E-state index contributed by atoms with van der Waals surface area (Å²) in [6, 6.07) is 3.50. The molecule has 2 rings (SSSR count). The molecule has 0 spiro atoms. The normalized spacial score (nSPS) is 21.0. The Balaban J connectivity index is 2.78. The third-order valence-corrected chi connectivity index (χ3v) is 5.94. The Hall–Kier alpha value is -1.56. The van der Waals surface area contributed by atoms with Crippen LogP contribution in [0.2, 0.25) is 0 Å². The number of nitrogens with zero attached hydrogens (tertiary/aromatic N) is 2. The van der Waals surface area contributed by atoms with Gasteiger partial charge in [0.25, 0.3) is 0 Å². The zero-order valence-electron chi connectivity index (χ0n) is 12.5. The summed E-state index contributed by atoms with van der Waals surface area (Å²) in [6.45, 7) is 5.77.